The van der Waals surface area contributed by atoms with Gasteiger partial charge in [0.15, 0.2) is 0 Å². The largest absolute Gasteiger partial charge is 0.508 e. The molecule has 0 radical (unpaired) electrons. The number of aliphatic hydroxyl groups excluding tert-OH is 2. The Morgan fingerprint density at radius 1 is 1.12 bits per heavy atom. The van der Waals surface area contributed by atoms with Crippen molar-refractivity contribution in [3.63, 3.8) is 0 Å². The first-order chi connectivity index (χ1) is 7.69. The Hall–Kier alpha value is -1.30. The van der Waals surface area contributed by atoms with Crippen LogP contribution < -0.4 is 5.73 Å². The van der Waals surface area contributed by atoms with Gasteiger partial charge in [-0.1, -0.05) is 6.07 Å². The van der Waals surface area contributed by atoms with Gasteiger partial charge in [0.05, 0.1) is 13.2 Å². The lowest BCUT2D eigenvalue weighted by molar-refractivity contribution is 0.155. The highest BCUT2D eigenvalue weighted by Gasteiger charge is 2.10. The molecule has 0 aliphatic carbocycles. The second kappa shape index (κ2) is 6.32. The predicted molar refractivity (Wildman–Crippen MR) is 62.0 cm³/mol. The Labute approximate surface area is 94.7 Å². The maximum atomic E-state index is 9.65. The van der Waals surface area contributed by atoms with E-state index in [1.54, 1.807) is 18.2 Å². The maximum absolute atomic E-state index is 9.65. The number of anilines is 1. The van der Waals surface area contributed by atoms with Crippen LogP contribution in [0.5, 0.6) is 5.75 Å². The van der Waals surface area contributed by atoms with Gasteiger partial charge in [0.25, 0.3) is 0 Å². The Balaban J connectivity index is 2.76. The first-order valence-corrected chi connectivity index (χ1v) is 5.19. The molecule has 16 heavy (non-hydrogen) atoms. The summed E-state index contributed by atoms with van der Waals surface area (Å²) in [7, 11) is 0. The summed E-state index contributed by atoms with van der Waals surface area (Å²) in [4.78, 5) is 1.82. The summed E-state index contributed by atoms with van der Waals surface area (Å²) >= 11 is 0. The standard InChI is InChI=1S/C11H18N2O3/c12-10-2-1-3-11(16)9(10)8-13(4-6-14)5-7-15/h1-3,14-16H,4-8,12H2. The first-order valence-electron chi connectivity index (χ1n) is 5.19. The van der Waals surface area contributed by atoms with Crippen LogP contribution in [0.15, 0.2) is 18.2 Å². The van der Waals surface area contributed by atoms with E-state index in [1.165, 1.54) is 0 Å². The SMILES string of the molecule is Nc1cccc(O)c1CN(CCO)CCO. The molecule has 1 rings (SSSR count). The van der Waals surface area contributed by atoms with Crippen LogP contribution in [0.25, 0.3) is 0 Å². The topological polar surface area (TPSA) is 90.0 Å². The Kier molecular flexibility index (Phi) is 5.04. The number of nitrogen functional groups attached to an aromatic ring is 1. The minimum atomic E-state index is 0.00744. The van der Waals surface area contributed by atoms with Crippen molar-refractivity contribution in [2.24, 2.45) is 0 Å². The van der Waals surface area contributed by atoms with E-state index in [1.807, 2.05) is 4.90 Å². The maximum Gasteiger partial charge on any atom is 0.122 e. The lowest BCUT2D eigenvalue weighted by atomic mass is 10.1. The molecule has 0 spiro atoms. The van der Waals surface area contributed by atoms with Gasteiger partial charge in [-0.25, -0.2) is 0 Å². The van der Waals surface area contributed by atoms with Crippen LogP contribution in [0.3, 0.4) is 0 Å². The third kappa shape index (κ3) is 3.37. The van der Waals surface area contributed by atoms with Gasteiger partial charge in [-0.2, -0.15) is 0 Å². The van der Waals surface area contributed by atoms with E-state index in [0.29, 0.717) is 30.9 Å². The molecule has 5 heteroatoms. The van der Waals surface area contributed by atoms with Crippen LogP contribution in [0.1, 0.15) is 5.56 Å². The average molecular weight is 226 g/mol. The van der Waals surface area contributed by atoms with Gasteiger partial charge in [-0.15, -0.1) is 0 Å². The molecule has 0 fully saturated rings. The van der Waals surface area contributed by atoms with E-state index in [4.69, 9.17) is 15.9 Å². The molecule has 0 saturated carbocycles. The van der Waals surface area contributed by atoms with Crippen molar-refractivity contribution in [3.8, 4) is 5.75 Å². The number of hydrogen-bond acceptors (Lipinski definition) is 5. The van der Waals surface area contributed by atoms with Crippen molar-refractivity contribution >= 4 is 5.69 Å². The van der Waals surface area contributed by atoms with Crippen LogP contribution in [0, 0.1) is 0 Å². The molecule has 1 aromatic rings. The Morgan fingerprint density at radius 3 is 2.25 bits per heavy atom. The number of aromatic hydroxyl groups is 1. The molecular formula is C11H18N2O3. The average Bonchev–Trinajstić information content (AvgIpc) is 2.24. The molecule has 1 aromatic carbocycles. The van der Waals surface area contributed by atoms with Gasteiger partial charge >= 0.3 is 0 Å². The molecule has 0 unspecified atom stereocenters. The number of nitrogens with zero attached hydrogens (tertiary/aromatic N) is 1. The summed E-state index contributed by atoms with van der Waals surface area (Å²) in [5, 5.41) is 27.4. The zero-order chi connectivity index (χ0) is 12.0. The number of rotatable bonds is 6. The Bertz CT molecular complexity index is 305. The fourth-order valence-electron chi connectivity index (χ4n) is 1.54. The van der Waals surface area contributed by atoms with E-state index in [-0.39, 0.29) is 19.0 Å². The molecule has 0 atom stereocenters. The van der Waals surface area contributed by atoms with Gasteiger partial charge in [0, 0.05) is 30.9 Å². The fraction of sp³-hybridized carbons (Fsp3) is 0.455. The van der Waals surface area contributed by atoms with Crippen LogP contribution in [0.2, 0.25) is 0 Å². The molecule has 0 amide bonds. The highest BCUT2D eigenvalue weighted by molar-refractivity contribution is 5.53. The third-order valence-electron chi connectivity index (χ3n) is 2.40. The van der Waals surface area contributed by atoms with E-state index in [2.05, 4.69) is 0 Å². The van der Waals surface area contributed by atoms with Crippen LogP contribution in [-0.4, -0.2) is 46.5 Å². The summed E-state index contributed by atoms with van der Waals surface area (Å²) in [6, 6.07) is 4.96. The molecule has 0 aliphatic heterocycles. The number of phenolic OH excluding ortho intramolecular Hbond substituents is 1. The minimum Gasteiger partial charge on any atom is -0.508 e. The lowest BCUT2D eigenvalue weighted by Crippen LogP contribution is -2.29. The first kappa shape index (κ1) is 12.8. The van der Waals surface area contributed by atoms with Gasteiger partial charge in [0.1, 0.15) is 5.75 Å². The number of benzene rings is 1. The second-order valence-electron chi connectivity index (χ2n) is 3.57. The van der Waals surface area contributed by atoms with Gasteiger partial charge in [-0.3, -0.25) is 4.90 Å². The number of nitrogens with two attached hydrogens (primary N) is 1. The zero-order valence-corrected chi connectivity index (χ0v) is 9.13. The van der Waals surface area contributed by atoms with Crippen LogP contribution >= 0.6 is 0 Å². The zero-order valence-electron chi connectivity index (χ0n) is 9.13. The van der Waals surface area contributed by atoms with Crippen molar-refractivity contribution in [1.29, 1.82) is 0 Å². The molecule has 0 bridgehead atoms. The summed E-state index contributed by atoms with van der Waals surface area (Å²) in [6.07, 6.45) is 0. The molecular weight excluding hydrogens is 208 g/mol. The highest BCUT2D eigenvalue weighted by Crippen LogP contribution is 2.24. The fourth-order valence-corrected chi connectivity index (χ4v) is 1.54. The monoisotopic (exact) mass is 226 g/mol. The van der Waals surface area contributed by atoms with E-state index >= 15 is 0 Å². The van der Waals surface area contributed by atoms with Gasteiger partial charge in [0.2, 0.25) is 0 Å². The molecule has 5 nitrogen and oxygen atoms in total. The summed E-state index contributed by atoms with van der Waals surface area (Å²) in [6.45, 7) is 1.31. The lowest BCUT2D eigenvalue weighted by Gasteiger charge is -2.21. The number of hydrogen-bond donors (Lipinski definition) is 4. The van der Waals surface area contributed by atoms with Crippen molar-refractivity contribution in [3.05, 3.63) is 23.8 Å². The molecule has 0 saturated heterocycles. The second-order valence-corrected chi connectivity index (χ2v) is 3.57. The molecule has 0 aliphatic rings. The molecule has 0 heterocycles. The van der Waals surface area contributed by atoms with E-state index < -0.39 is 0 Å². The summed E-state index contributed by atoms with van der Waals surface area (Å²) < 4.78 is 0. The smallest absolute Gasteiger partial charge is 0.122 e. The quantitative estimate of drug-likeness (QED) is 0.503. The van der Waals surface area contributed by atoms with E-state index in [9.17, 15) is 5.11 Å². The van der Waals surface area contributed by atoms with Crippen molar-refractivity contribution in [2.75, 3.05) is 32.0 Å². The van der Waals surface area contributed by atoms with Crippen molar-refractivity contribution in [2.45, 2.75) is 6.54 Å². The summed E-state index contributed by atoms with van der Waals surface area (Å²) in [5.41, 5.74) is 6.89. The van der Waals surface area contributed by atoms with Gasteiger partial charge < -0.3 is 21.1 Å². The van der Waals surface area contributed by atoms with Crippen molar-refractivity contribution in [1.82, 2.24) is 4.90 Å². The van der Waals surface area contributed by atoms with Crippen LogP contribution in [-0.2, 0) is 6.54 Å². The van der Waals surface area contributed by atoms with Gasteiger partial charge in [-0.05, 0) is 12.1 Å². The Morgan fingerprint density at radius 2 is 1.75 bits per heavy atom. The highest BCUT2D eigenvalue weighted by atomic mass is 16.3. The predicted octanol–water partition coefficient (Wildman–Crippen LogP) is -0.239. The van der Waals surface area contributed by atoms with Crippen molar-refractivity contribution < 1.29 is 15.3 Å². The molecule has 5 N–H and O–H groups in total. The number of phenols is 1. The summed E-state index contributed by atoms with van der Waals surface area (Å²) in [5.74, 6) is 0.140. The molecule has 0 aromatic heterocycles. The minimum absolute atomic E-state index is 0.00744. The molecule has 90 valence electrons. The third-order valence-corrected chi connectivity index (χ3v) is 2.40. The normalized spacial score (nSPS) is 10.9. The van der Waals surface area contributed by atoms with Crippen LogP contribution in [0.4, 0.5) is 5.69 Å². The number of aliphatic hydroxyl groups is 2. The van der Waals surface area contributed by atoms with E-state index in [0.717, 1.165) is 0 Å².